The van der Waals surface area contributed by atoms with Gasteiger partial charge in [0, 0.05) is 12.8 Å². The van der Waals surface area contributed by atoms with Crippen LogP contribution < -0.4 is 10.5 Å². The third kappa shape index (κ3) is 4.90. The first kappa shape index (κ1) is 20.1. The Morgan fingerprint density at radius 1 is 1.12 bits per heavy atom. The number of hydrogen-bond donors (Lipinski definition) is 1. The molecule has 26 heavy (non-hydrogen) atoms. The molecule has 0 saturated heterocycles. The first-order valence-corrected chi connectivity index (χ1v) is 11.0. The van der Waals surface area contributed by atoms with Gasteiger partial charge in [-0.05, 0) is 35.9 Å². The fourth-order valence-corrected chi connectivity index (χ4v) is 4.33. The Bertz CT molecular complexity index is 1030. The maximum atomic E-state index is 12.7. The molecule has 0 aliphatic heterocycles. The summed E-state index contributed by atoms with van der Waals surface area (Å²) in [6, 6.07) is 11.5. The van der Waals surface area contributed by atoms with Crippen LogP contribution in [0.3, 0.4) is 0 Å². The number of rotatable bonds is 7. The monoisotopic (exact) mass is 399 g/mol. The van der Waals surface area contributed by atoms with Gasteiger partial charge >= 0.3 is 0 Å². The summed E-state index contributed by atoms with van der Waals surface area (Å²) in [6.45, 7) is -0.227. The van der Waals surface area contributed by atoms with E-state index in [0.717, 1.165) is 6.26 Å². The first-order chi connectivity index (χ1) is 12.2. The van der Waals surface area contributed by atoms with E-state index in [1.807, 2.05) is 0 Å². The van der Waals surface area contributed by atoms with Crippen LogP contribution in [0.5, 0.6) is 11.5 Å². The fourth-order valence-electron chi connectivity index (χ4n) is 2.14. The molecule has 2 aromatic carbocycles. The molecule has 0 atom stereocenters. The number of para-hydroxylation sites is 1. The molecule has 0 bridgehead atoms. The molecule has 0 amide bonds. The number of sulfone groups is 2. The van der Waals surface area contributed by atoms with E-state index < -0.39 is 25.4 Å². The third-order valence-corrected chi connectivity index (χ3v) is 6.31. The van der Waals surface area contributed by atoms with E-state index >= 15 is 0 Å². The Morgan fingerprint density at radius 3 is 2.42 bits per heavy atom. The Morgan fingerprint density at radius 2 is 1.81 bits per heavy atom. The van der Waals surface area contributed by atoms with E-state index in [-0.39, 0.29) is 39.7 Å². The highest BCUT2D eigenvalue weighted by molar-refractivity contribution is 7.91. The Labute approximate surface area is 151 Å². The van der Waals surface area contributed by atoms with Gasteiger partial charge in [-0.25, -0.2) is 21.2 Å². The highest BCUT2D eigenvalue weighted by Crippen LogP contribution is 2.31. The van der Waals surface area contributed by atoms with E-state index in [4.69, 9.17) is 10.5 Å². The summed E-state index contributed by atoms with van der Waals surface area (Å²) in [5.74, 6) is -0.409. The molecule has 0 unspecified atom stereocenters. The number of benzene rings is 2. The van der Waals surface area contributed by atoms with Crippen molar-refractivity contribution in [1.82, 2.24) is 0 Å². The Hall–Kier alpha value is -2.23. The molecule has 0 aliphatic carbocycles. The molecule has 140 valence electrons. The van der Waals surface area contributed by atoms with E-state index in [9.17, 15) is 21.2 Å². The lowest BCUT2D eigenvalue weighted by Gasteiger charge is -2.13. The molecule has 0 heterocycles. The van der Waals surface area contributed by atoms with Crippen molar-refractivity contribution >= 4 is 19.7 Å². The summed E-state index contributed by atoms with van der Waals surface area (Å²) < 4.78 is 66.7. The van der Waals surface area contributed by atoms with Crippen molar-refractivity contribution in [2.45, 2.75) is 9.79 Å². The van der Waals surface area contributed by atoms with Gasteiger partial charge in [0.25, 0.3) is 0 Å². The smallest absolute Gasteiger partial charge is 0.186 e. The zero-order valence-corrected chi connectivity index (χ0v) is 15.6. The van der Waals surface area contributed by atoms with E-state index in [2.05, 4.69) is 0 Å². The standard InChI is InChI=1S/C17H18FNO5S2/c1-25(20,21)15-6-4-5-14(9-15)24-16-7-2-3-8-17(16)26(22,23)12-13(10-18)11-19/h2-10H,11-12,19H2,1H3/b13-10+. The minimum atomic E-state index is -3.90. The number of ether oxygens (including phenoxy) is 1. The van der Waals surface area contributed by atoms with Crippen molar-refractivity contribution in [2.75, 3.05) is 18.6 Å². The second-order valence-electron chi connectivity index (χ2n) is 5.53. The number of halogens is 1. The Kier molecular flexibility index (Phi) is 6.17. The average molecular weight is 399 g/mol. The molecule has 2 N–H and O–H groups in total. The zero-order valence-electron chi connectivity index (χ0n) is 13.9. The largest absolute Gasteiger partial charge is 0.456 e. The van der Waals surface area contributed by atoms with Crippen LogP contribution in [0.15, 0.2) is 70.2 Å². The van der Waals surface area contributed by atoms with Crippen LogP contribution in [0.4, 0.5) is 4.39 Å². The first-order valence-electron chi connectivity index (χ1n) is 7.45. The maximum absolute atomic E-state index is 12.7. The van der Waals surface area contributed by atoms with Gasteiger partial charge in [0.2, 0.25) is 0 Å². The van der Waals surface area contributed by atoms with Gasteiger partial charge < -0.3 is 10.5 Å². The molecular formula is C17H18FNO5S2. The minimum Gasteiger partial charge on any atom is -0.456 e. The topological polar surface area (TPSA) is 104 Å². The summed E-state index contributed by atoms with van der Waals surface area (Å²) in [4.78, 5) is -0.0984. The van der Waals surface area contributed by atoms with Gasteiger partial charge in [0.15, 0.2) is 19.7 Å². The normalized spacial score (nSPS) is 12.8. The van der Waals surface area contributed by atoms with Gasteiger partial charge in [-0.2, -0.15) is 0 Å². The number of nitrogens with two attached hydrogens (primary N) is 1. The summed E-state index contributed by atoms with van der Waals surface area (Å²) in [5.41, 5.74) is 5.26. The molecular weight excluding hydrogens is 381 g/mol. The highest BCUT2D eigenvalue weighted by Gasteiger charge is 2.21. The quantitative estimate of drug-likeness (QED) is 0.767. The lowest BCUT2D eigenvalue weighted by Crippen LogP contribution is -2.15. The predicted octanol–water partition coefficient (Wildman–Crippen LogP) is 2.47. The van der Waals surface area contributed by atoms with Crippen LogP contribution in [0, 0.1) is 0 Å². The fraction of sp³-hybridized carbons (Fsp3) is 0.176. The van der Waals surface area contributed by atoms with Crippen molar-refractivity contribution in [3.63, 3.8) is 0 Å². The summed E-state index contributed by atoms with van der Waals surface area (Å²) in [5, 5.41) is 0. The van der Waals surface area contributed by atoms with E-state index in [1.54, 1.807) is 6.07 Å². The van der Waals surface area contributed by atoms with Crippen molar-refractivity contribution in [3.05, 3.63) is 60.4 Å². The second kappa shape index (κ2) is 7.98. The predicted molar refractivity (Wildman–Crippen MR) is 96.4 cm³/mol. The molecule has 0 fully saturated rings. The van der Waals surface area contributed by atoms with Crippen molar-refractivity contribution in [1.29, 1.82) is 0 Å². The van der Waals surface area contributed by atoms with Gasteiger partial charge in [-0.3, -0.25) is 0 Å². The lowest BCUT2D eigenvalue weighted by atomic mass is 10.3. The van der Waals surface area contributed by atoms with Crippen LogP contribution in [0.2, 0.25) is 0 Å². The molecule has 0 spiro atoms. The van der Waals surface area contributed by atoms with Gasteiger partial charge in [-0.15, -0.1) is 0 Å². The van der Waals surface area contributed by atoms with Crippen LogP contribution in [0.25, 0.3) is 0 Å². The van der Waals surface area contributed by atoms with Crippen molar-refractivity contribution < 1.29 is 26.0 Å². The molecule has 0 saturated carbocycles. The molecule has 2 aromatic rings. The van der Waals surface area contributed by atoms with E-state index in [0.29, 0.717) is 0 Å². The van der Waals surface area contributed by atoms with Crippen LogP contribution in [-0.4, -0.2) is 35.4 Å². The SMILES string of the molecule is CS(=O)(=O)c1cccc(Oc2ccccc2S(=O)(=O)C/C(=C/F)CN)c1. The molecule has 0 aromatic heterocycles. The second-order valence-corrected chi connectivity index (χ2v) is 9.50. The van der Waals surface area contributed by atoms with Crippen molar-refractivity contribution in [2.24, 2.45) is 5.73 Å². The van der Waals surface area contributed by atoms with Crippen LogP contribution in [0.1, 0.15) is 0 Å². The minimum absolute atomic E-state index is 0.00776. The highest BCUT2D eigenvalue weighted by atomic mass is 32.2. The molecule has 2 rings (SSSR count). The molecule has 9 heteroatoms. The van der Waals surface area contributed by atoms with Gasteiger partial charge in [-0.1, -0.05) is 18.2 Å². The molecule has 6 nitrogen and oxygen atoms in total. The van der Waals surface area contributed by atoms with Gasteiger partial charge in [0.1, 0.15) is 16.4 Å². The average Bonchev–Trinajstić information content (AvgIpc) is 2.59. The Balaban J connectivity index is 2.42. The summed E-state index contributed by atoms with van der Waals surface area (Å²) >= 11 is 0. The van der Waals surface area contributed by atoms with Crippen molar-refractivity contribution in [3.8, 4) is 11.5 Å². The third-order valence-electron chi connectivity index (χ3n) is 3.44. The summed E-state index contributed by atoms with van der Waals surface area (Å²) in [7, 11) is -7.34. The lowest BCUT2D eigenvalue weighted by molar-refractivity contribution is 0.466. The van der Waals surface area contributed by atoms with E-state index in [1.165, 1.54) is 42.5 Å². The molecule has 0 radical (unpaired) electrons. The van der Waals surface area contributed by atoms with Crippen LogP contribution in [-0.2, 0) is 19.7 Å². The molecule has 0 aliphatic rings. The summed E-state index contributed by atoms with van der Waals surface area (Å²) in [6.07, 6.45) is 1.23. The van der Waals surface area contributed by atoms with Crippen LogP contribution >= 0.6 is 0 Å². The number of hydrogen-bond acceptors (Lipinski definition) is 6. The van der Waals surface area contributed by atoms with Gasteiger partial charge in [0.05, 0.1) is 17.0 Å². The zero-order chi connectivity index (χ0) is 19.4. The maximum Gasteiger partial charge on any atom is 0.186 e.